The molecule has 0 atom stereocenters. The number of unbranched alkanes of at least 4 members (excludes halogenated alkanes) is 9. The van der Waals surface area contributed by atoms with Gasteiger partial charge in [-0.2, -0.15) is 5.48 Å². The van der Waals surface area contributed by atoms with Crippen molar-refractivity contribution in [2.45, 2.75) is 84.1 Å². The van der Waals surface area contributed by atoms with Gasteiger partial charge < -0.3 is 10.2 Å². The molecule has 2 N–H and O–H groups in total. The van der Waals surface area contributed by atoms with Crippen LogP contribution in [0.3, 0.4) is 0 Å². The van der Waals surface area contributed by atoms with E-state index in [1.165, 1.54) is 57.8 Å². The lowest BCUT2D eigenvalue weighted by Gasteiger charge is -2.09. The predicted octanol–water partition coefficient (Wildman–Crippen LogP) is 7.91. The Morgan fingerprint density at radius 1 is 0.824 bits per heavy atom. The van der Waals surface area contributed by atoms with Crippen LogP contribution in [0.4, 0.5) is 0 Å². The van der Waals surface area contributed by atoms with Crippen LogP contribution >= 0.6 is 23.2 Å². The Kier molecular flexibility index (Phi) is 15.0. The smallest absolute Gasteiger partial charge is 0.251 e. The van der Waals surface area contributed by atoms with E-state index in [9.17, 15) is 4.79 Å². The third-order valence-corrected chi connectivity index (χ3v) is 6.63. The zero-order valence-electron chi connectivity index (χ0n) is 20.5. The average Bonchev–Trinajstić information content (AvgIpc) is 2.84. The maximum Gasteiger partial charge on any atom is 0.251 e. The predicted molar refractivity (Wildman–Crippen MR) is 144 cm³/mol. The number of halogens is 2. The minimum atomic E-state index is -0.0108. The molecule has 0 aliphatic heterocycles. The van der Waals surface area contributed by atoms with Crippen LogP contribution in [0.5, 0.6) is 0 Å². The minimum absolute atomic E-state index is 0.0108. The van der Waals surface area contributed by atoms with Crippen molar-refractivity contribution in [2.24, 2.45) is 0 Å². The summed E-state index contributed by atoms with van der Waals surface area (Å²) in [6, 6.07) is 13.1. The van der Waals surface area contributed by atoms with Crippen molar-refractivity contribution in [2.75, 3.05) is 13.2 Å². The van der Waals surface area contributed by atoms with Crippen molar-refractivity contribution in [3.63, 3.8) is 0 Å². The van der Waals surface area contributed by atoms with Crippen molar-refractivity contribution in [3.8, 4) is 0 Å². The molecule has 0 fully saturated rings. The number of carbonyl (C=O) groups excluding carboxylic acids is 1. The standard InChI is InChI=1S/C28H40Cl2N2O2/c1-2-3-4-5-6-7-8-9-10-11-20-31-28(33)24-17-15-23(16-18-24)22-32-34-21-19-25-26(29)13-12-14-27(25)30/h12-18,32H,2-11,19-22H2,1H3,(H,31,33). The van der Waals surface area contributed by atoms with Gasteiger partial charge in [0.1, 0.15) is 0 Å². The second-order valence-corrected chi connectivity index (χ2v) is 9.57. The summed E-state index contributed by atoms with van der Waals surface area (Å²) in [7, 11) is 0. The van der Waals surface area contributed by atoms with Gasteiger partial charge in [0, 0.05) is 35.1 Å². The summed E-state index contributed by atoms with van der Waals surface area (Å²) in [6.45, 7) is 4.01. The molecule has 0 saturated heterocycles. The average molecular weight is 508 g/mol. The fourth-order valence-electron chi connectivity index (χ4n) is 3.82. The van der Waals surface area contributed by atoms with Gasteiger partial charge in [0.05, 0.1) is 6.61 Å². The van der Waals surface area contributed by atoms with Crippen LogP contribution in [0.1, 0.15) is 92.6 Å². The second-order valence-electron chi connectivity index (χ2n) is 8.75. The van der Waals surface area contributed by atoms with E-state index in [-0.39, 0.29) is 5.91 Å². The van der Waals surface area contributed by atoms with Crippen molar-refractivity contribution in [3.05, 3.63) is 69.2 Å². The van der Waals surface area contributed by atoms with E-state index in [1.54, 1.807) is 0 Å². The first-order valence-corrected chi connectivity index (χ1v) is 13.5. The molecule has 2 rings (SSSR count). The fraction of sp³-hybridized carbons (Fsp3) is 0.536. The Balaban J connectivity index is 1.52. The van der Waals surface area contributed by atoms with Crippen LogP contribution in [0, 0.1) is 0 Å². The number of amides is 1. The Morgan fingerprint density at radius 2 is 1.41 bits per heavy atom. The van der Waals surface area contributed by atoms with E-state index in [0.29, 0.717) is 35.2 Å². The van der Waals surface area contributed by atoms with Crippen molar-refractivity contribution in [1.29, 1.82) is 0 Å². The van der Waals surface area contributed by atoms with Crippen LogP contribution in [0.2, 0.25) is 10.0 Å². The number of hydrogen-bond acceptors (Lipinski definition) is 3. The highest BCUT2D eigenvalue weighted by atomic mass is 35.5. The second kappa shape index (κ2) is 17.8. The summed E-state index contributed by atoms with van der Waals surface area (Å²) in [4.78, 5) is 17.8. The molecule has 0 aromatic heterocycles. The Hall–Kier alpha value is -1.59. The molecule has 0 unspecified atom stereocenters. The van der Waals surface area contributed by atoms with E-state index >= 15 is 0 Å². The first-order valence-electron chi connectivity index (χ1n) is 12.8. The Morgan fingerprint density at radius 3 is 2.03 bits per heavy atom. The lowest BCUT2D eigenvalue weighted by atomic mass is 10.1. The lowest BCUT2D eigenvalue weighted by Crippen LogP contribution is -2.24. The molecular formula is C28H40Cl2N2O2. The number of rotatable bonds is 18. The van der Waals surface area contributed by atoms with Crippen LogP contribution in [0.15, 0.2) is 42.5 Å². The van der Waals surface area contributed by atoms with Gasteiger partial charge in [0.2, 0.25) is 0 Å². The molecule has 0 aliphatic rings. The van der Waals surface area contributed by atoms with E-state index in [2.05, 4.69) is 17.7 Å². The van der Waals surface area contributed by atoms with Gasteiger partial charge in [-0.15, -0.1) is 0 Å². The Labute approximate surface area is 215 Å². The summed E-state index contributed by atoms with van der Waals surface area (Å²) in [5, 5.41) is 4.33. The zero-order valence-corrected chi connectivity index (χ0v) is 22.0. The van der Waals surface area contributed by atoms with E-state index in [1.807, 2.05) is 42.5 Å². The fourth-order valence-corrected chi connectivity index (χ4v) is 4.41. The number of hydrogen-bond donors (Lipinski definition) is 2. The monoisotopic (exact) mass is 506 g/mol. The molecule has 2 aromatic carbocycles. The van der Waals surface area contributed by atoms with Gasteiger partial charge >= 0.3 is 0 Å². The van der Waals surface area contributed by atoms with Crippen LogP contribution in [-0.2, 0) is 17.8 Å². The molecule has 0 aliphatic carbocycles. The first-order chi connectivity index (χ1) is 16.6. The molecule has 0 spiro atoms. The maximum atomic E-state index is 12.3. The third kappa shape index (κ3) is 11.7. The summed E-state index contributed by atoms with van der Waals surface area (Å²) in [6.07, 6.45) is 13.6. The van der Waals surface area contributed by atoms with Crippen molar-refractivity contribution >= 4 is 29.1 Å². The quantitative estimate of drug-likeness (QED) is 0.159. The minimum Gasteiger partial charge on any atom is -0.352 e. The number of hydroxylamine groups is 1. The molecule has 0 heterocycles. The molecule has 4 nitrogen and oxygen atoms in total. The van der Waals surface area contributed by atoms with E-state index in [0.717, 1.165) is 24.1 Å². The van der Waals surface area contributed by atoms with Gasteiger partial charge in [0.25, 0.3) is 5.91 Å². The highest BCUT2D eigenvalue weighted by Crippen LogP contribution is 2.24. The highest BCUT2D eigenvalue weighted by Gasteiger charge is 2.06. The molecular weight excluding hydrogens is 467 g/mol. The molecule has 1 amide bonds. The summed E-state index contributed by atoms with van der Waals surface area (Å²) in [5.74, 6) is -0.0108. The Bertz CT molecular complexity index is 807. The van der Waals surface area contributed by atoms with E-state index in [4.69, 9.17) is 28.0 Å². The topological polar surface area (TPSA) is 50.4 Å². The van der Waals surface area contributed by atoms with Crippen molar-refractivity contribution < 1.29 is 9.63 Å². The van der Waals surface area contributed by atoms with Gasteiger partial charge in [-0.05, 0) is 41.8 Å². The highest BCUT2D eigenvalue weighted by molar-refractivity contribution is 6.35. The molecule has 0 saturated carbocycles. The summed E-state index contributed by atoms with van der Waals surface area (Å²) < 4.78 is 0. The van der Waals surface area contributed by atoms with Crippen molar-refractivity contribution in [1.82, 2.24) is 10.8 Å². The molecule has 0 radical (unpaired) electrons. The van der Waals surface area contributed by atoms with Crippen LogP contribution < -0.4 is 10.8 Å². The number of nitrogens with one attached hydrogen (secondary N) is 2. The number of benzene rings is 2. The van der Waals surface area contributed by atoms with E-state index < -0.39 is 0 Å². The molecule has 2 aromatic rings. The van der Waals surface area contributed by atoms with Crippen LogP contribution in [0.25, 0.3) is 0 Å². The molecule has 6 heteroatoms. The number of carbonyl (C=O) groups is 1. The van der Waals surface area contributed by atoms with Crippen LogP contribution in [-0.4, -0.2) is 19.1 Å². The zero-order chi connectivity index (χ0) is 24.4. The molecule has 0 bridgehead atoms. The third-order valence-electron chi connectivity index (χ3n) is 5.93. The van der Waals surface area contributed by atoms with Gasteiger partial charge in [-0.3, -0.25) is 4.79 Å². The lowest BCUT2D eigenvalue weighted by molar-refractivity contribution is 0.0388. The normalized spacial score (nSPS) is 11.0. The van der Waals surface area contributed by atoms with Gasteiger partial charge in [0.15, 0.2) is 0 Å². The SMILES string of the molecule is CCCCCCCCCCCCNC(=O)c1ccc(CNOCCc2c(Cl)cccc2Cl)cc1. The molecule has 34 heavy (non-hydrogen) atoms. The molecule has 188 valence electrons. The maximum absolute atomic E-state index is 12.3. The van der Waals surface area contributed by atoms with Gasteiger partial charge in [-0.25, -0.2) is 0 Å². The first kappa shape index (κ1) is 28.6. The largest absolute Gasteiger partial charge is 0.352 e. The van der Waals surface area contributed by atoms with Gasteiger partial charge in [-0.1, -0.05) is 106 Å². The summed E-state index contributed by atoms with van der Waals surface area (Å²) in [5.41, 5.74) is 5.57. The summed E-state index contributed by atoms with van der Waals surface area (Å²) >= 11 is 12.3.